The number of hydrogen-bond donors (Lipinski definition) is 0. The van der Waals surface area contributed by atoms with Gasteiger partial charge in [-0.15, -0.1) is 0 Å². The Labute approximate surface area is 225 Å². The number of esters is 1. The molecular weight excluding hydrogens is 696 g/mol. The second-order valence-electron chi connectivity index (χ2n) is 6.69. The van der Waals surface area contributed by atoms with Crippen LogP contribution in [-0.2, 0) is 16.1 Å². The largest absolute Gasteiger partial charge is 0.487 e. The van der Waals surface area contributed by atoms with Gasteiger partial charge in [0.1, 0.15) is 12.4 Å². The minimum Gasteiger partial charge on any atom is -0.487 e. The van der Waals surface area contributed by atoms with Crippen molar-refractivity contribution in [3.63, 3.8) is 0 Å². The van der Waals surface area contributed by atoms with Crippen molar-refractivity contribution in [2.45, 2.75) is 6.61 Å². The quantitative estimate of drug-likeness (QED) is 0.153. The zero-order valence-electron chi connectivity index (χ0n) is 16.0. The lowest BCUT2D eigenvalue weighted by atomic mass is 10.2. The number of aliphatic imine (C=N–C) groups is 1. The van der Waals surface area contributed by atoms with Crippen LogP contribution in [0.2, 0.25) is 10.0 Å². The number of halogens is 5. The molecule has 0 N–H and O–H groups in total. The van der Waals surface area contributed by atoms with E-state index in [1.54, 1.807) is 12.1 Å². The van der Waals surface area contributed by atoms with Crippen LogP contribution in [0.5, 0.6) is 5.75 Å². The average Bonchev–Trinajstić information content (AvgIpc) is 3.09. The molecule has 1 aliphatic rings. The summed E-state index contributed by atoms with van der Waals surface area (Å²) in [5, 5.41) is 1.12. The molecule has 4 nitrogen and oxygen atoms in total. The molecule has 0 spiro atoms. The number of carbonyl (C=O) groups excluding carboxylic acids is 1. The van der Waals surface area contributed by atoms with Crippen molar-refractivity contribution in [1.82, 2.24) is 0 Å². The van der Waals surface area contributed by atoms with Crippen LogP contribution < -0.4 is 4.74 Å². The van der Waals surface area contributed by atoms with E-state index >= 15 is 0 Å². The molecule has 3 aromatic rings. The minimum absolute atomic E-state index is 0.182. The first kappa shape index (κ1) is 23.8. The highest BCUT2D eigenvalue weighted by molar-refractivity contribution is 14.1. The Balaban J connectivity index is 1.58. The third-order valence-corrected chi connectivity index (χ3v) is 6.79. The topological polar surface area (TPSA) is 47.9 Å². The molecule has 0 aromatic heterocycles. The van der Waals surface area contributed by atoms with Crippen molar-refractivity contribution in [2.24, 2.45) is 4.99 Å². The molecule has 0 unspecified atom stereocenters. The molecule has 32 heavy (non-hydrogen) atoms. The number of hydrogen-bond acceptors (Lipinski definition) is 4. The van der Waals surface area contributed by atoms with Gasteiger partial charge in [-0.1, -0.05) is 35.3 Å². The Bertz CT molecular complexity index is 1270. The minimum atomic E-state index is -0.538. The van der Waals surface area contributed by atoms with Crippen LogP contribution in [0, 0.1) is 3.57 Å². The highest BCUT2D eigenvalue weighted by atomic mass is 127. The highest BCUT2D eigenvalue weighted by Gasteiger charge is 2.26. The van der Waals surface area contributed by atoms with Crippen molar-refractivity contribution in [3.05, 3.63) is 99.5 Å². The average molecular weight is 708 g/mol. The molecule has 9 heteroatoms. The molecule has 162 valence electrons. The van der Waals surface area contributed by atoms with E-state index in [-0.39, 0.29) is 11.6 Å². The summed E-state index contributed by atoms with van der Waals surface area (Å²) in [4.78, 5) is 16.7. The van der Waals surface area contributed by atoms with Gasteiger partial charge >= 0.3 is 5.97 Å². The summed E-state index contributed by atoms with van der Waals surface area (Å²) in [5.74, 6) is 0.281. The molecule has 0 radical (unpaired) electrons. The number of ether oxygens (including phenoxy) is 2. The molecular formula is C23H12Br2Cl2INO3. The molecule has 0 bridgehead atoms. The second kappa shape index (κ2) is 10.3. The van der Waals surface area contributed by atoms with Gasteiger partial charge in [0.2, 0.25) is 5.90 Å². The van der Waals surface area contributed by atoms with Crippen LogP contribution in [0.15, 0.2) is 74.2 Å². The van der Waals surface area contributed by atoms with E-state index in [9.17, 15) is 4.79 Å². The molecule has 3 aromatic carbocycles. The second-order valence-corrected chi connectivity index (χ2v) is 10.5. The highest BCUT2D eigenvalue weighted by Crippen LogP contribution is 2.36. The summed E-state index contributed by atoms with van der Waals surface area (Å²) in [6.07, 6.45) is 1.65. The Morgan fingerprint density at radius 3 is 2.53 bits per heavy atom. The van der Waals surface area contributed by atoms with Gasteiger partial charge in [0.05, 0.1) is 19.5 Å². The summed E-state index contributed by atoms with van der Waals surface area (Å²) in [6.45, 7) is 0.356. The lowest BCUT2D eigenvalue weighted by Crippen LogP contribution is -2.06. The first-order valence-corrected chi connectivity index (χ1v) is 12.6. The van der Waals surface area contributed by atoms with Crippen LogP contribution in [-0.4, -0.2) is 11.9 Å². The van der Waals surface area contributed by atoms with E-state index in [2.05, 4.69) is 59.4 Å². The summed E-state index contributed by atoms with van der Waals surface area (Å²) in [5.41, 5.74) is 2.45. The number of cyclic esters (lactones) is 1. The van der Waals surface area contributed by atoms with Gasteiger partial charge in [0.25, 0.3) is 0 Å². The number of benzene rings is 3. The molecule has 0 fully saturated rings. The van der Waals surface area contributed by atoms with Gasteiger partial charge in [-0.25, -0.2) is 9.79 Å². The fourth-order valence-corrected chi connectivity index (χ4v) is 5.28. The number of carbonyl (C=O) groups is 1. The molecule has 0 aliphatic carbocycles. The first-order valence-electron chi connectivity index (χ1n) is 9.14. The standard InChI is InChI=1S/C23H12Br2Cl2INO3/c24-17-7-13(8-18(25)21(17)31-11-12-2-1-3-14(26)6-12)9-20-23(30)32-22(29-20)16-10-15(28)4-5-19(16)27/h1-10H,11H2/b20-9-. The van der Waals surface area contributed by atoms with E-state index in [4.69, 9.17) is 32.7 Å². The van der Waals surface area contributed by atoms with E-state index in [0.29, 0.717) is 28.0 Å². The summed E-state index contributed by atoms with van der Waals surface area (Å²) >= 11 is 21.5. The maximum Gasteiger partial charge on any atom is 0.363 e. The number of nitrogens with zero attached hydrogens (tertiary/aromatic N) is 1. The molecule has 0 saturated carbocycles. The third kappa shape index (κ3) is 5.56. The SMILES string of the molecule is O=C1OC(c2cc(I)ccc2Cl)=N/C1=C\c1cc(Br)c(OCc2cccc(Cl)c2)c(Br)c1. The van der Waals surface area contributed by atoms with Crippen LogP contribution in [0.3, 0.4) is 0 Å². The Morgan fingerprint density at radius 2 is 1.81 bits per heavy atom. The normalized spacial score (nSPS) is 14.5. The molecule has 1 heterocycles. The first-order chi connectivity index (χ1) is 15.3. The predicted octanol–water partition coefficient (Wildman–Crippen LogP) is 8.05. The van der Waals surface area contributed by atoms with E-state index in [0.717, 1.165) is 23.6 Å². The number of rotatable bonds is 5. The zero-order chi connectivity index (χ0) is 22.8. The van der Waals surface area contributed by atoms with Crippen LogP contribution in [0.4, 0.5) is 0 Å². The molecule has 0 atom stereocenters. The van der Waals surface area contributed by atoms with Gasteiger partial charge in [-0.2, -0.15) is 0 Å². The third-order valence-electron chi connectivity index (χ3n) is 4.38. The van der Waals surface area contributed by atoms with Crippen LogP contribution in [0.25, 0.3) is 6.08 Å². The summed E-state index contributed by atoms with van der Waals surface area (Å²) < 4.78 is 13.7. The fourth-order valence-electron chi connectivity index (χ4n) is 2.93. The van der Waals surface area contributed by atoms with Crippen molar-refractivity contribution in [2.75, 3.05) is 0 Å². The molecule has 0 amide bonds. The molecule has 0 saturated heterocycles. The van der Waals surface area contributed by atoms with Gasteiger partial charge in [-0.3, -0.25) is 0 Å². The molecule has 1 aliphatic heterocycles. The predicted molar refractivity (Wildman–Crippen MR) is 142 cm³/mol. The van der Waals surface area contributed by atoms with Gasteiger partial charge in [0, 0.05) is 8.59 Å². The van der Waals surface area contributed by atoms with Gasteiger partial charge in [-0.05, 0) is 114 Å². The zero-order valence-corrected chi connectivity index (χ0v) is 22.9. The molecule has 4 rings (SSSR count). The van der Waals surface area contributed by atoms with Crippen molar-refractivity contribution in [1.29, 1.82) is 0 Å². The van der Waals surface area contributed by atoms with Crippen LogP contribution >= 0.6 is 77.7 Å². The Hall–Kier alpha value is -1.39. The lowest BCUT2D eigenvalue weighted by molar-refractivity contribution is -0.129. The Kier molecular flexibility index (Phi) is 7.62. The smallest absolute Gasteiger partial charge is 0.363 e. The van der Waals surface area contributed by atoms with Gasteiger partial charge < -0.3 is 9.47 Å². The monoisotopic (exact) mass is 705 g/mol. The Morgan fingerprint density at radius 1 is 1.06 bits per heavy atom. The van der Waals surface area contributed by atoms with E-state index in [1.165, 1.54) is 0 Å². The fraction of sp³-hybridized carbons (Fsp3) is 0.0435. The van der Waals surface area contributed by atoms with Crippen molar-refractivity contribution < 1.29 is 14.3 Å². The maximum atomic E-state index is 12.4. The maximum absolute atomic E-state index is 12.4. The lowest BCUT2D eigenvalue weighted by Gasteiger charge is -2.11. The van der Waals surface area contributed by atoms with E-state index in [1.807, 2.05) is 48.5 Å². The van der Waals surface area contributed by atoms with E-state index < -0.39 is 5.97 Å². The summed E-state index contributed by atoms with van der Waals surface area (Å²) in [6, 6.07) is 16.6. The van der Waals surface area contributed by atoms with Gasteiger partial charge in [0.15, 0.2) is 5.70 Å². The van der Waals surface area contributed by atoms with Crippen LogP contribution in [0.1, 0.15) is 16.7 Å². The van der Waals surface area contributed by atoms with Crippen molar-refractivity contribution >= 4 is 95.6 Å². The summed E-state index contributed by atoms with van der Waals surface area (Å²) in [7, 11) is 0. The van der Waals surface area contributed by atoms with Crippen molar-refractivity contribution in [3.8, 4) is 5.75 Å².